The molecule has 0 saturated carbocycles. The second-order valence-corrected chi connectivity index (χ2v) is 1.78. The van der Waals surface area contributed by atoms with Gasteiger partial charge in [0.1, 0.15) is 11.9 Å². The Morgan fingerprint density at radius 1 is 1.67 bits per heavy atom. The van der Waals surface area contributed by atoms with Gasteiger partial charge in [-0.15, -0.1) is 12.4 Å². The summed E-state index contributed by atoms with van der Waals surface area (Å²) in [7, 11) is 0. The lowest BCUT2D eigenvalue weighted by atomic mass is 10.4. The number of nitrogens with two attached hydrogens (primary N) is 1. The van der Waals surface area contributed by atoms with E-state index in [1.165, 1.54) is 12.3 Å². The molecule has 7 heteroatoms. The molecule has 0 fully saturated rings. The monoisotopic (exact) mass is 190 g/mol. The average molecular weight is 191 g/mol. The third kappa shape index (κ3) is 2.04. The number of nitrogens with one attached hydrogen (secondary N) is 1. The average Bonchev–Trinajstić information content (AvgIpc) is 2.04. The Balaban J connectivity index is 0.00000121. The van der Waals surface area contributed by atoms with Crippen LogP contribution in [0.25, 0.3) is 0 Å². The van der Waals surface area contributed by atoms with Crippen molar-refractivity contribution in [3.63, 3.8) is 0 Å². The van der Waals surface area contributed by atoms with Gasteiger partial charge in [0.25, 0.3) is 0 Å². The minimum atomic E-state index is -0.602. The highest BCUT2D eigenvalue weighted by atomic mass is 35.5. The second-order valence-electron chi connectivity index (χ2n) is 1.78. The highest BCUT2D eigenvalue weighted by molar-refractivity contribution is 5.85. The highest BCUT2D eigenvalue weighted by Gasteiger charge is 2.11. The standard InChI is InChI=1S/C5H6N4O2.ClH/c6-8-4-2-1-3-7-5(4)9(10)11;/h1-3,8H,6H2;1H. The molecule has 1 aromatic heterocycles. The van der Waals surface area contributed by atoms with E-state index < -0.39 is 4.92 Å². The minimum Gasteiger partial charge on any atom is -0.358 e. The van der Waals surface area contributed by atoms with Gasteiger partial charge in [-0.3, -0.25) is 5.84 Å². The number of hydrazine groups is 1. The number of halogens is 1. The number of aromatic nitrogens is 1. The molecule has 12 heavy (non-hydrogen) atoms. The summed E-state index contributed by atoms with van der Waals surface area (Å²) in [6.45, 7) is 0. The lowest BCUT2D eigenvalue weighted by Crippen LogP contribution is -2.09. The molecule has 0 aliphatic heterocycles. The summed E-state index contributed by atoms with van der Waals surface area (Å²) in [4.78, 5) is 13.1. The van der Waals surface area contributed by atoms with Crippen LogP contribution < -0.4 is 11.3 Å². The number of hydrogen-bond donors (Lipinski definition) is 2. The van der Waals surface area contributed by atoms with E-state index in [1.807, 2.05) is 0 Å². The van der Waals surface area contributed by atoms with Crippen molar-refractivity contribution >= 4 is 23.9 Å². The van der Waals surface area contributed by atoms with E-state index in [1.54, 1.807) is 6.07 Å². The third-order valence-electron chi connectivity index (χ3n) is 1.12. The molecule has 0 aliphatic rings. The van der Waals surface area contributed by atoms with Crippen LogP contribution in [0.5, 0.6) is 0 Å². The largest absolute Gasteiger partial charge is 0.388 e. The number of rotatable bonds is 2. The van der Waals surface area contributed by atoms with Crippen molar-refractivity contribution in [1.82, 2.24) is 4.98 Å². The highest BCUT2D eigenvalue weighted by Crippen LogP contribution is 2.17. The van der Waals surface area contributed by atoms with Crippen LogP contribution in [0.1, 0.15) is 0 Å². The molecular weight excluding hydrogens is 184 g/mol. The van der Waals surface area contributed by atoms with Gasteiger partial charge in [0.2, 0.25) is 0 Å². The number of nitrogen functional groups attached to an aromatic ring is 1. The predicted molar refractivity (Wildman–Crippen MR) is 45.9 cm³/mol. The van der Waals surface area contributed by atoms with E-state index in [-0.39, 0.29) is 23.9 Å². The van der Waals surface area contributed by atoms with Crippen molar-refractivity contribution in [2.75, 3.05) is 5.43 Å². The Morgan fingerprint density at radius 2 is 2.33 bits per heavy atom. The van der Waals surface area contributed by atoms with Gasteiger partial charge in [-0.05, 0) is 22.0 Å². The fourth-order valence-corrected chi connectivity index (χ4v) is 0.655. The van der Waals surface area contributed by atoms with Crippen LogP contribution >= 0.6 is 12.4 Å². The van der Waals surface area contributed by atoms with Gasteiger partial charge >= 0.3 is 5.82 Å². The summed E-state index contributed by atoms with van der Waals surface area (Å²) in [5, 5.41) is 10.2. The Labute approximate surface area is 74.3 Å². The summed E-state index contributed by atoms with van der Waals surface area (Å²) in [5.41, 5.74) is 2.38. The number of nitro groups is 1. The SMILES string of the molecule is Cl.NNc1cccnc1[N+](=O)[O-]. The zero-order chi connectivity index (χ0) is 8.27. The molecule has 0 radical (unpaired) electrons. The number of pyridine rings is 1. The number of anilines is 1. The van der Waals surface area contributed by atoms with Crippen LogP contribution in [0.2, 0.25) is 0 Å². The van der Waals surface area contributed by atoms with E-state index in [9.17, 15) is 10.1 Å². The molecule has 0 atom stereocenters. The molecule has 0 amide bonds. The molecular formula is C5H7ClN4O2. The molecule has 0 aromatic carbocycles. The van der Waals surface area contributed by atoms with Crippen molar-refractivity contribution in [2.45, 2.75) is 0 Å². The van der Waals surface area contributed by atoms with Gasteiger partial charge < -0.3 is 15.5 Å². The second kappa shape index (κ2) is 4.47. The summed E-state index contributed by atoms with van der Waals surface area (Å²) in [5.74, 6) is 4.73. The molecule has 66 valence electrons. The first-order chi connectivity index (χ1) is 5.25. The maximum atomic E-state index is 10.2. The first-order valence-electron chi connectivity index (χ1n) is 2.81. The van der Waals surface area contributed by atoms with Crippen molar-refractivity contribution in [3.05, 3.63) is 28.4 Å². The minimum absolute atomic E-state index is 0. The topological polar surface area (TPSA) is 94.1 Å². The summed E-state index contributed by atoms with van der Waals surface area (Å²) in [6.07, 6.45) is 1.33. The molecule has 0 unspecified atom stereocenters. The smallest absolute Gasteiger partial charge is 0.358 e. The Bertz CT molecular complexity index is 280. The van der Waals surface area contributed by atoms with Crippen LogP contribution in [-0.2, 0) is 0 Å². The van der Waals surface area contributed by atoms with Crippen molar-refractivity contribution in [2.24, 2.45) is 5.84 Å². The first kappa shape index (κ1) is 10.6. The van der Waals surface area contributed by atoms with E-state index in [4.69, 9.17) is 5.84 Å². The van der Waals surface area contributed by atoms with Gasteiger partial charge in [0, 0.05) is 0 Å². The summed E-state index contributed by atoms with van der Waals surface area (Å²) in [6, 6.07) is 3.04. The summed E-state index contributed by atoms with van der Waals surface area (Å²) < 4.78 is 0. The molecule has 3 N–H and O–H groups in total. The van der Waals surface area contributed by atoms with E-state index in [0.29, 0.717) is 0 Å². The van der Waals surface area contributed by atoms with E-state index in [2.05, 4.69) is 10.4 Å². The normalized spacial score (nSPS) is 8.42. The zero-order valence-electron chi connectivity index (χ0n) is 5.93. The Hall–Kier alpha value is -1.40. The fraction of sp³-hybridized carbons (Fsp3) is 0. The van der Waals surface area contributed by atoms with Gasteiger partial charge in [-0.1, -0.05) is 0 Å². The maximum absolute atomic E-state index is 10.2. The predicted octanol–water partition coefficient (Wildman–Crippen LogP) is 0.697. The lowest BCUT2D eigenvalue weighted by Gasteiger charge is -1.98. The Morgan fingerprint density at radius 3 is 2.75 bits per heavy atom. The number of hydrogen-bond acceptors (Lipinski definition) is 5. The van der Waals surface area contributed by atoms with Gasteiger partial charge in [0.15, 0.2) is 0 Å². The van der Waals surface area contributed by atoms with Crippen LogP contribution in [-0.4, -0.2) is 9.91 Å². The maximum Gasteiger partial charge on any atom is 0.388 e. The molecule has 0 spiro atoms. The zero-order valence-corrected chi connectivity index (χ0v) is 6.75. The van der Waals surface area contributed by atoms with Crippen molar-refractivity contribution in [1.29, 1.82) is 0 Å². The van der Waals surface area contributed by atoms with E-state index >= 15 is 0 Å². The molecule has 1 rings (SSSR count). The molecule has 1 heterocycles. The fourth-order valence-electron chi connectivity index (χ4n) is 0.655. The van der Waals surface area contributed by atoms with Gasteiger partial charge in [-0.2, -0.15) is 0 Å². The van der Waals surface area contributed by atoms with Crippen LogP contribution in [0, 0.1) is 10.1 Å². The lowest BCUT2D eigenvalue weighted by molar-refractivity contribution is -0.388. The first-order valence-corrected chi connectivity index (χ1v) is 2.81. The Kier molecular flexibility index (Phi) is 3.95. The third-order valence-corrected chi connectivity index (χ3v) is 1.12. The van der Waals surface area contributed by atoms with Crippen LogP contribution in [0.15, 0.2) is 18.3 Å². The molecule has 0 bridgehead atoms. The van der Waals surface area contributed by atoms with Crippen molar-refractivity contribution < 1.29 is 4.92 Å². The molecule has 0 aliphatic carbocycles. The summed E-state index contributed by atoms with van der Waals surface area (Å²) >= 11 is 0. The van der Waals surface area contributed by atoms with E-state index in [0.717, 1.165) is 0 Å². The van der Waals surface area contributed by atoms with Crippen molar-refractivity contribution in [3.8, 4) is 0 Å². The quantitative estimate of drug-likeness (QED) is 0.407. The van der Waals surface area contributed by atoms with Gasteiger partial charge in [-0.25, -0.2) is 0 Å². The molecule has 0 saturated heterocycles. The van der Waals surface area contributed by atoms with Crippen LogP contribution in [0.4, 0.5) is 11.5 Å². The molecule has 6 nitrogen and oxygen atoms in total. The van der Waals surface area contributed by atoms with Crippen LogP contribution in [0.3, 0.4) is 0 Å². The molecule has 1 aromatic rings. The van der Waals surface area contributed by atoms with Gasteiger partial charge in [0.05, 0.1) is 0 Å². The number of nitrogens with zero attached hydrogens (tertiary/aromatic N) is 2.